The van der Waals surface area contributed by atoms with Gasteiger partial charge in [0.15, 0.2) is 0 Å². The molecular formula is C26H21Cl3N4O6S. The minimum absolute atomic E-state index is 0.0975. The number of sulfonamides is 1. The molecule has 10 nitrogen and oxygen atoms in total. The number of ether oxygens (including phenoxy) is 1. The van der Waals surface area contributed by atoms with E-state index in [1.54, 1.807) is 42.5 Å². The first-order valence-electron chi connectivity index (χ1n) is 11.8. The molecule has 3 aromatic carbocycles. The lowest BCUT2D eigenvalue weighted by Crippen LogP contribution is -2.48. The van der Waals surface area contributed by atoms with Gasteiger partial charge in [0.2, 0.25) is 10.0 Å². The Hall–Kier alpha value is -3.32. The van der Waals surface area contributed by atoms with Gasteiger partial charge in [-0.05, 0) is 60.7 Å². The fraction of sp³-hybridized carbons (Fsp3) is 0.154. The van der Waals surface area contributed by atoms with Crippen LogP contribution in [0.2, 0.25) is 15.1 Å². The van der Waals surface area contributed by atoms with Crippen molar-refractivity contribution in [2.75, 3.05) is 6.54 Å². The van der Waals surface area contributed by atoms with Gasteiger partial charge in [0, 0.05) is 39.3 Å². The summed E-state index contributed by atoms with van der Waals surface area (Å²) in [6.07, 6.45) is 0.119. The predicted octanol–water partition coefficient (Wildman–Crippen LogP) is 4.50. The zero-order valence-electron chi connectivity index (χ0n) is 20.5. The van der Waals surface area contributed by atoms with Gasteiger partial charge in [-0.3, -0.25) is 19.9 Å². The Bertz CT molecular complexity index is 1750. The van der Waals surface area contributed by atoms with Crippen molar-refractivity contribution < 1.29 is 23.2 Å². The summed E-state index contributed by atoms with van der Waals surface area (Å²) in [6.45, 7) is -0.0278. The van der Waals surface area contributed by atoms with E-state index >= 15 is 0 Å². The van der Waals surface area contributed by atoms with Crippen LogP contribution in [0.4, 0.5) is 0 Å². The first-order chi connectivity index (χ1) is 19.1. The van der Waals surface area contributed by atoms with Gasteiger partial charge in [0.05, 0.1) is 16.1 Å². The van der Waals surface area contributed by atoms with Crippen molar-refractivity contribution in [2.24, 2.45) is 0 Å². The van der Waals surface area contributed by atoms with Crippen LogP contribution in [0.5, 0.6) is 5.75 Å². The summed E-state index contributed by atoms with van der Waals surface area (Å²) in [6, 6.07) is 15.4. The summed E-state index contributed by atoms with van der Waals surface area (Å²) in [5.41, 5.74) is 2.18. The molecule has 1 aliphatic heterocycles. The van der Waals surface area contributed by atoms with Gasteiger partial charge in [0.1, 0.15) is 18.4 Å². The number of nitrogens with one attached hydrogen (secondary N) is 2. The lowest BCUT2D eigenvalue weighted by molar-refractivity contribution is -0.133. The number of hydrogen-bond acceptors (Lipinski definition) is 6. The number of aromatic amines is 1. The normalized spacial score (nSPS) is 15.4. The molecule has 40 heavy (non-hydrogen) atoms. The number of hydroxylamine groups is 1. The molecule has 0 spiro atoms. The van der Waals surface area contributed by atoms with Gasteiger partial charge < -0.3 is 4.74 Å². The molecule has 1 aromatic heterocycles. The highest BCUT2D eigenvalue weighted by Gasteiger charge is 2.43. The molecule has 0 aliphatic carbocycles. The predicted molar refractivity (Wildman–Crippen MR) is 149 cm³/mol. The van der Waals surface area contributed by atoms with Crippen molar-refractivity contribution in [1.29, 1.82) is 0 Å². The van der Waals surface area contributed by atoms with E-state index in [0.717, 1.165) is 4.31 Å². The largest absolute Gasteiger partial charge is 0.489 e. The number of aromatic nitrogens is 2. The Balaban J connectivity index is 1.44. The van der Waals surface area contributed by atoms with E-state index < -0.39 is 27.5 Å². The van der Waals surface area contributed by atoms with E-state index in [0.29, 0.717) is 37.8 Å². The zero-order chi connectivity index (χ0) is 28.6. The van der Waals surface area contributed by atoms with E-state index in [9.17, 15) is 23.2 Å². The average Bonchev–Trinajstić information content (AvgIpc) is 3.29. The van der Waals surface area contributed by atoms with Crippen LogP contribution in [0.1, 0.15) is 22.9 Å². The molecule has 1 amide bonds. The van der Waals surface area contributed by atoms with Gasteiger partial charge in [0.25, 0.3) is 11.5 Å². The third kappa shape index (κ3) is 5.36. The number of nitrogens with zero attached hydrogens (tertiary/aromatic N) is 2. The summed E-state index contributed by atoms with van der Waals surface area (Å²) >= 11 is 18.2. The van der Waals surface area contributed by atoms with Crippen LogP contribution in [0.15, 0.2) is 76.4 Å². The number of carbonyl (C=O) groups is 1. The highest BCUT2D eigenvalue weighted by atomic mass is 35.5. The van der Waals surface area contributed by atoms with Crippen LogP contribution < -0.4 is 15.8 Å². The van der Waals surface area contributed by atoms with Crippen molar-refractivity contribution in [1.82, 2.24) is 19.6 Å². The lowest BCUT2D eigenvalue weighted by Gasteiger charge is -2.32. The molecule has 4 aromatic rings. The van der Waals surface area contributed by atoms with Crippen LogP contribution in [-0.4, -0.2) is 40.2 Å². The van der Waals surface area contributed by atoms with Gasteiger partial charge in [-0.15, -0.1) is 0 Å². The number of rotatable bonds is 7. The number of benzene rings is 3. The van der Waals surface area contributed by atoms with Crippen LogP contribution >= 0.6 is 34.8 Å². The molecule has 3 N–H and O–H groups in total. The highest BCUT2D eigenvalue weighted by Crippen LogP contribution is 2.33. The summed E-state index contributed by atoms with van der Waals surface area (Å²) in [5.74, 6) is -0.701. The number of fused-ring (bicyclic) bond motifs is 1. The Morgan fingerprint density at radius 3 is 2.48 bits per heavy atom. The molecule has 0 radical (unpaired) electrons. The quantitative estimate of drug-likeness (QED) is 0.205. The van der Waals surface area contributed by atoms with E-state index in [1.807, 2.05) is 0 Å². The van der Waals surface area contributed by atoms with Crippen molar-refractivity contribution in [3.63, 3.8) is 0 Å². The van der Waals surface area contributed by atoms with Crippen molar-refractivity contribution in [2.45, 2.75) is 24.0 Å². The van der Waals surface area contributed by atoms with E-state index in [-0.39, 0.29) is 30.0 Å². The first kappa shape index (κ1) is 28.2. The second-order valence-corrected chi connectivity index (χ2v) is 12.0. The maximum absolute atomic E-state index is 13.7. The number of amides is 1. The van der Waals surface area contributed by atoms with Crippen molar-refractivity contribution >= 4 is 50.7 Å². The molecule has 0 bridgehead atoms. The third-order valence-electron chi connectivity index (χ3n) is 6.41. The van der Waals surface area contributed by atoms with Gasteiger partial charge in [-0.2, -0.15) is 4.31 Å². The summed E-state index contributed by atoms with van der Waals surface area (Å²) < 4.78 is 35.2. The fourth-order valence-corrected chi connectivity index (χ4v) is 6.61. The minimum Gasteiger partial charge on any atom is -0.489 e. The number of carbonyl (C=O) groups excluding carboxylic acids is 1. The number of hydrogen-bond donors (Lipinski definition) is 3. The maximum atomic E-state index is 13.7. The Morgan fingerprint density at radius 2 is 1.77 bits per heavy atom. The first-order valence-corrected chi connectivity index (χ1v) is 14.4. The molecule has 1 aliphatic rings. The second-order valence-electron chi connectivity index (χ2n) is 8.86. The molecule has 208 valence electrons. The minimum atomic E-state index is -4.30. The van der Waals surface area contributed by atoms with Gasteiger partial charge in [-0.25, -0.2) is 18.6 Å². The van der Waals surface area contributed by atoms with Crippen molar-refractivity contribution in [3.8, 4) is 11.4 Å². The summed E-state index contributed by atoms with van der Waals surface area (Å²) in [7, 11) is -4.30. The highest BCUT2D eigenvalue weighted by molar-refractivity contribution is 7.89. The molecule has 14 heteroatoms. The van der Waals surface area contributed by atoms with E-state index in [1.165, 1.54) is 34.4 Å². The lowest BCUT2D eigenvalue weighted by atomic mass is 10.0. The number of halogens is 3. The van der Waals surface area contributed by atoms with Crippen LogP contribution in [0.25, 0.3) is 5.69 Å². The van der Waals surface area contributed by atoms with Crippen LogP contribution in [0, 0.1) is 0 Å². The smallest absolute Gasteiger partial charge is 0.276 e. The van der Waals surface area contributed by atoms with Crippen molar-refractivity contribution in [3.05, 3.63) is 109 Å². The SMILES string of the molecule is O=C(NO)[C@H]1c2c([nH]n(-c3cccc(Cl)c3)c2=O)CCN1S(=O)(=O)c1ccc(OCc2cc(Cl)ccc2Cl)cc1. The maximum Gasteiger partial charge on any atom is 0.276 e. The molecule has 0 unspecified atom stereocenters. The average molecular weight is 624 g/mol. The standard InChI is InChI=1S/C26H21Cl3N4O6S/c27-16-2-1-3-18(13-16)33-26(35)23-22(30-33)10-11-32(24(23)25(34)31-36)40(37,38)20-7-5-19(6-8-20)39-14-15-12-17(28)4-9-21(15)29/h1-9,12-13,24,30,36H,10-11,14H2,(H,31,34)/t24-/m1/s1. The van der Waals surface area contributed by atoms with E-state index in [4.69, 9.17) is 39.5 Å². The fourth-order valence-electron chi connectivity index (χ4n) is 4.50. The Morgan fingerprint density at radius 1 is 1.05 bits per heavy atom. The summed E-state index contributed by atoms with van der Waals surface area (Å²) in [4.78, 5) is 26.1. The van der Waals surface area contributed by atoms with Crippen LogP contribution in [-0.2, 0) is 27.8 Å². The topological polar surface area (TPSA) is 134 Å². The molecular weight excluding hydrogens is 603 g/mol. The molecule has 0 saturated carbocycles. The Labute approximate surface area is 243 Å². The molecule has 1 atom stereocenters. The van der Waals surface area contributed by atoms with E-state index in [2.05, 4.69) is 5.10 Å². The molecule has 0 fully saturated rings. The summed E-state index contributed by atoms with van der Waals surface area (Å²) in [5, 5.41) is 13.7. The van der Waals surface area contributed by atoms with Gasteiger partial charge in [-0.1, -0.05) is 40.9 Å². The second kappa shape index (κ2) is 11.3. The zero-order valence-corrected chi connectivity index (χ0v) is 23.6. The van der Waals surface area contributed by atoms with Gasteiger partial charge >= 0.3 is 0 Å². The Kier molecular flexibility index (Phi) is 7.96. The number of H-pyrrole nitrogens is 1. The van der Waals surface area contributed by atoms with Crippen LogP contribution in [0.3, 0.4) is 0 Å². The third-order valence-corrected chi connectivity index (χ3v) is 9.12. The molecule has 0 saturated heterocycles. The molecule has 5 rings (SSSR count). The molecule has 2 heterocycles. The monoisotopic (exact) mass is 622 g/mol.